The number of carbonyl (C=O) groups excluding carboxylic acids is 1. The fourth-order valence-electron chi connectivity index (χ4n) is 8.84. The Balaban J connectivity index is 2.24. The number of aliphatic hydroxyl groups excluding tert-OH is 5. The third-order valence-corrected chi connectivity index (χ3v) is 13.3. The SMILES string of the molecule is CC/C=C\C/C=C\C/C=C\CCCCCCCCCC(=O)NC(COC1OC(CO)C(O)C(O)C1O)C(O)/C=C/CC/C=C/CCCCCCCCCCCCCCCCCCCCCCCC. The number of ether oxygens (including phenoxy) is 2. The predicted molar refractivity (Wildman–Crippen MR) is 286 cm³/mol. The van der Waals surface area contributed by atoms with Crippen molar-refractivity contribution < 1.29 is 39.8 Å². The van der Waals surface area contributed by atoms with Crippen molar-refractivity contribution in [2.75, 3.05) is 13.2 Å². The quantitative estimate of drug-likeness (QED) is 0.0261. The largest absolute Gasteiger partial charge is 0.394 e. The molecule has 1 fully saturated rings. The lowest BCUT2D eigenvalue weighted by Crippen LogP contribution is -2.60. The summed E-state index contributed by atoms with van der Waals surface area (Å²) in [5, 5.41) is 54.4. The molecule has 1 rings (SSSR count). The van der Waals surface area contributed by atoms with Crippen LogP contribution in [-0.4, -0.2) is 87.5 Å². The molecule has 9 nitrogen and oxygen atoms in total. The molecule has 0 aromatic carbocycles. The molecule has 0 aromatic rings. The van der Waals surface area contributed by atoms with Crippen LogP contribution in [0.25, 0.3) is 0 Å². The molecular weight excluding hydrogens is 851 g/mol. The van der Waals surface area contributed by atoms with Gasteiger partial charge in [-0.2, -0.15) is 0 Å². The maximum atomic E-state index is 13.0. The van der Waals surface area contributed by atoms with E-state index in [0.717, 1.165) is 70.6 Å². The number of nitrogens with one attached hydrogen (secondary N) is 1. The highest BCUT2D eigenvalue weighted by Crippen LogP contribution is 2.23. The molecule has 9 heteroatoms. The zero-order valence-electron chi connectivity index (χ0n) is 43.9. The molecule has 0 saturated carbocycles. The number of carbonyl (C=O) groups is 1. The smallest absolute Gasteiger partial charge is 0.220 e. The zero-order chi connectivity index (χ0) is 49.4. The summed E-state index contributed by atoms with van der Waals surface area (Å²) in [5.41, 5.74) is 0. The number of aliphatic hydroxyl groups is 5. The summed E-state index contributed by atoms with van der Waals surface area (Å²) in [7, 11) is 0. The summed E-state index contributed by atoms with van der Waals surface area (Å²) in [6.45, 7) is 3.66. The Bertz CT molecular complexity index is 1250. The molecule has 7 unspecified atom stereocenters. The first-order valence-electron chi connectivity index (χ1n) is 28.5. The first-order valence-corrected chi connectivity index (χ1v) is 28.5. The Hall–Kier alpha value is -2.11. The van der Waals surface area contributed by atoms with Crippen LogP contribution in [0.4, 0.5) is 0 Å². The first kappa shape index (κ1) is 63.9. The van der Waals surface area contributed by atoms with Crippen molar-refractivity contribution in [2.45, 2.75) is 294 Å². The van der Waals surface area contributed by atoms with Gasteiger partial charge in [-0.1, -0.05) is 242 Å². The highest BCUT2D eigenvalue weighted by atomic mass is 16.7. The summed E-state index contributed by atoms with van der Waals surface area (Å²) >= 11 is 0. The van der Waals surface area contributed by atoms with Crippen LogP contribution in [-0.2, 0) is 14.3 Å². The van der Waals surface area contributed by atoms with Crippen LogP contribution in [0.3, 0.4) is 0 Å². The molecule has 0 bridgehead atoms. The van der Waals surface area contributed by atoms with Gasteiger partial charge in [0.2, 0.25) is 5.91 Å². The van der Waals surface area contributed by atoms with Gasteiger partial charge < -0.3 is 40.3 Å². The van der Waals surface area contributed by atoms with E-state index in [1.807, 2.05) is 6.08 Å². The molecular formula is C59H107NO8. The van der Waals surface area contributed by atoms with Crippen molar-refractivity contribution in [3.8, 4) is 0 Å². The fourth-order valence-corrected chi connectivity index (χ4v) is 8.84. The van der Waals surface area contributed by atoms with Crippen LogP contribution in [0, 0.1) is 0 Å². The molecule has 396 valence electrons. The lowest BCUT2D eigenvalue weighted by Gasteiger charge is -2.40. The molecule has 0 aliphatic carbocycles. The van der Waals surface area contributed by atoms with Crippen LogP contribution in [0.15, 0.2) is 60.8 Å². The molecule has 6 N–H and O–H groups in total. The Morgan fingerprint density at radius 1 is 0.515 bits per heavy atom. The summed E-state index contributed by atoms with van der Waals surface area (Å²) in [6, 6.07) is -0.830. The average molecular weight is 959 g/mol. The predicted octanol–water partition coefficient (Wildman–Crippen LogP) is 13.9. The first-order chi connectivity index (χ1) is 33.3. The van der Waals surface area contributed by atoms with Gasteiger partial charge in [0.05, 0.1) is 25.4 Å². The normalized spacial score (nSPS) is 20.0. The van der Waals surface area contributed by atoms with Gasteiger partial charge in [-0.3, -0.25) is 4.79 Å². The van der Waals surface area contributed by atoms with Gasteiger partial charge in [0.15, 0.2) is 6.29 Å². The molecule has 0 spiro atoms. The number of allylic oxidation sites excluding steroid dienone is 9. The number of amides is 1. The minimum Gasteiger partial charge on any atom is -0.394 e. The highest BCUT2D eigenvalue weighted by Gasteiger charge is 2.44. The molecule has 0 aromatic heterocycles. The number of rotatable bonds is 48. The Kier molecular flexibility index (Phi) is 45.6. The van der Waals surface area contributed by atoms with Crippen molar-refractivity contribution in [3.63, 3.8) is 0 Å². The van der Waals surface area contributed by atoms with E-state index in [9.17, 15) is 30.3 Å². The Morgan fingerprint density at radius 2 is 0.926 bits per heavy atom. The minimum atomic E-state index is -1.58. The van der Waals surface area contributed by atoms with Gasteiger partial charge in [0, 0.05) is 6.42 Å². The van der Waals surface area contributed by atoms with Gasteiger partial charge in [-0.25, -0.2) is 0 Å². The van der Waals surface area contributed by atoms with E-state index in [1.54, 1.807) is 6.08 Å². The Morgan fingerprint density at radius 3 is 1.41 bits per heavy atom. The van der Waals surface area contributed by atoms with E-state index in [0.29, 0.717) is 6.42 Å². The van der Waals surface area contributed by atoms with E-state index < -0.39 is 49.5 Å². The molecule has 1 amide bonds. The second-order valence-corrected chi connectivity index (χ2v) is 19.7. The molecule has 1 heterocycles. The molecule has 1 aliphatic heterocycles. The number of hydrogen-bond donors (Lipinski definition) is 6. The van der Waals surface area contributed by atoms with E-state index in [1.165, 1.54) is 161 Å². The monoisotopic (exact) mass is 958 g/mol. The second-order valence-electron chi connectivity index (χ2n) is 19.7. The van der Waals surface area contributed by atoms with Gasteiger partial charge in [0.25, 0.3) is 0 Å². The number of hydrogen-bond acceptors (Lipinski definition) is 8. The topological polar surface area (TPSA) is 149 Å². The van der Waals surface area contributed by atoms with Gasteiger partial charge in [-0.15, -0.1) is 0 Å². The summed E-state index contributed by atoms with van der Waals surface area (Å²) in [6.07, 6.45) is 58.7. The van der Waals surface area contributed by atoms with Crippen molar-refractivity contribution in [2.24, 2.45) is 0 Å². The van der Waals surface area contributed by atoms with Crippen molar-refractivity contribution >= 4 is 5.91 Å². The fraction of sp³-hybridized carbons (Fsp3) is 0.814. The van der Waals surface area contributed by atoms with E-state index in [4.69, 9.17) is 9.47 Å². The van der Waals surface area contributed by atoms with E-state index in [2.05, 4.69) is 67.8 Å². The van der Waals surface area contributed by atoms with E-state index >= 15 is 0 Å². The molecule has 0 radical (unpaired) electrons. The maximum absolute atomic E-state index is 13.0. The molecule has 1 saturated heterocycles. The lowest BCUT2D eigenvalue weighted by atomic mass is 9.99. The molecule has 7 atom stereocenters. The maximum Gasteiger partial charge on any atom is 0.220 e. The van der Waals surface area contributed by atoms with Crippen LogP contribution >= 0.6 is 0 Å². The zero-order valence-corrected chi connectivity index (χ0v) is 43.9. The third-order valence-electron chi connectivity index (χ3n) is 13.3. The van der Waals surface area contributed by atoms with Crippen molar-refractivity contribution in [3.05, 3.63) is 60.8 Å². The second kappa shape index (κ2) is 48.5. The highest BCUT2D eigenvalue weighted by molar-refractivity contribution is 5.76. The molecule has 68 heavy (non-hydrogen) atoms. The van der Waals surface area contributed by atoms with Crippen molar-refractivity contribution in [1.82, 2.24) is 5.32 Å². The average Bonchev–Trinajstić information content (AvgIpc) is 3.34. The van der Waals surface area contributed by atoms with Gasteiger partial charge >= 0.3 is 0 Å². The van der Waals surface area contributed by atoms with Crippen LogP contribution in [0.5, 0.6) is 0 Å². The number of unbranched alkanes of at least 4 members (excludes halogenated alkanes) is 30. The minimum absolute atomic E-state index is 0.197. The van der Waals surface area contributed by atoms with Gasteiger partial charge in [-0.05, 0) is 64.2 Å². The third kappa shape index (κ3) is 37.7. The van der Waals surface area contributed by atoms with Crippen molar-refractivity contribution in [1.29, 1.82) is 0 Å². The summed E-state index contributed by atoms with van der Waals surface area (Å²) in [5.74, 6) is -0.197. The standard InChI is InChI=1S/C59H107NO8/c1-3-5-7-9-11-13-15-17-19-21-22-23-24-25-26-27-28-29-30-31-33-34-36-38-40-42-44-46-48-53(62)52(51-67-59-58(66)57(65)56(64)54(50-61)68-59)60-55(63)49-47-45-43-41-39-37-35-32-20-18-16-14-12-10-8-6-4-2/h6,8,12,14,18,20,38,40,46,48,52-54,56-59,61-62,64-66H,3-5,7,9-11,13,15-17,19,21-37,39,41-45,47,49-51H2,1-2H3,(H,60,63)/b8-6-,14-12-,20-18-,40-38+,48-46+. The van der Waals surface area contributed by atoms with Gasteiger partial charge in [0.1, 0.15) is 24.4 Å². The Labute approximate surface area is 417 Å². The van der Waals surface area contributed by atoms with E-state index in [-0.39, 0.29) is 12.5 Å². The molecule has 1 aliphatic rings. The van der Waals surface area contributed by atoms with Crippen LogP contribution in [0.2, 0.25) is 0 Å². The van der Waals surface area contributed by atoms with Crippen LogP contribution in [0.1, 0.15) is 251 Å². The van der Waals surface area contributed by atoms with Crippen LogP contribution < -0.4 is 5.32 Å². The summed E-state index contributed by atoms with van der Waals surface area (Å²) in [4.78, 5) is 13.0. The lowest BCUT2D eigenvalue weighted by molar-refractivity contribution is -0.302. The summed E-state index contributed by atoms with van der Waals surface area (Å²) < 4.78 is 11.2.